The maximum atomic E-state index is 13.0. The summed E-state index contributed by atoms with van der Waals surface area (Å²) in [6.45, 7) is 0. The molecular formula is C20H14F3N3O2S. The van der Waals surface area contributed by atoms with Crippen molar-refractivity contribution in [2.75, 3.05) is 6.26 Å². The second-order valence-corrected chi connectivity index (χ2v) is 8.50. The minimum Gasteiger partial charge on any atom is -0.248 e. The van der Waals surface area contributed by atoms with Gasteiger partial charge in [0.25, 0.3) is 0 Å². The molecular weight excluding hydrogens is 403 g/mol. The summed E-state index contributed by atoms with van der Waals surface area (Å²) in [5.41, 5.74) is 1.15. The highest BCUT2D eigenvalue weighted by Gasteiger charge is 2.33. The molecule has 0 spiro atoms. The van der Waals surface area contributed by atoms with E-state index in [0.29, 0.717) is 27.8 Å². The topological polar surface area (TPSA) is 64.8 Å². The summed E-state index contributed by atoms with van der Waals surface area (Å²) in [6.07, 6.45) is -2.18. The van der Waals surface area contributed by atoms with Gasteiger partial charge in [0.05, 0.1) is 21.8 Å². The minimum atomic E-state index is -4.54. The number of aromatic nitrogens is 3. The molecule has 0 N–H and O–H groups in total. The van der Waals surface area contributed by atoms with Gasteiger partial charge in [-0.05, 0) is 30.3 Å². The highest BCUT2D eigenvalue weighted by molar-refractivity contribution is 7.90. The number of alkyl halides is 3. The van der Waals surface area contributed by atoms with Gasteiger partial charge in [0.2, 0.25) is 0 Å². The highest BCUT2D eigenvalue weighted by Crippen LogP contribution is 2.31. The van der Waals surface area contributed by atoms with Crippen LogP contribution >= 0.6 is 0 Å². The fraction of sp³-hybridized carbons (Fsp3) is 0.100. The Labute approximate surface area is 164 Å². The molecule has 29 heavy (non-hydrogen) atoms. The summed E-state index contributed by atoms with van der Waals surface area (Å²) in [6, 6.07) is 15.8. The number of hydrogen-bond donors (Lipinski definition) is 0. The molecule has 0 aliphatic rings. The first-order valence-corrected chi connectivity index (χ1v) is 10.4. The van der Waals surface area contributed by atoms with E-state index in [0.717, 1.165) is 12.3 Å². The van der Waals surface area contributed by atoms with E-state index in [1.54, 1.807) is 42.5 Å². The van der Waals surface area contributed by atoms with Crippen LogP contribution in [0.4, 0.5) is 13.2 Å². The van der Waals surface area contributed by atoms with Crippen LogP contribution in [0, 0.1) is 0 Å². The summed E-state index contributed by atoms with van der Waals surface area (Å²) >= 11 is 0. The standard InChI is InChI=1S/C20H14F3N3O2S/c1-29(27,28)14-8-6-13(7-9-14)17-12-18(15-4-2-3-5-16(15)24-17)26-11-10-19(25-26)20(21,22)23/h2-12H,1H3. The van der Waals surface area contributed by atoms with Crippen molar-refractivity contribution in [2.45, 2.75) is 11.1 Å². The van der Waals surface area contributed by atoms with E-state index in [1.165, 1.54) is 23.0 Å². The van der Waals surface area contributed by atoms with Gasteiger partial charge in [-0.1, -0.05) is 30.3 Å². The minimum absolute atomic E-state index is 0.171. The second kappa shape index (κ2) is 6.70. The lowest BCUT2D eigenvalue weighted by Gasteiger charge is -2.11. The maximum Gasteiger partial charge on any atom is 0.435 e. The molecule has 0 atom stereocenters. The van der Waals surface area contributed by atoms with Crippen molar-refractivity contribution in [3.05, 3.63) is 72.6 Å². The SMILES string of the molecule is CS(=O)(=O)c1ccc(-c2cc(-n3ccc(C(F)(F)F)n3)c3ccccc3n2)cc1. The third kappa shape index (κ3) is 3.73. The van der Waals surface area contributed by atoms with Crippen LogP contribution in [0.15, 0.2) is 71.8 Å². The Balaban J connectivity index is 1.88. The van der Waals surface area contributed by atoms with Crippen molar-refractivity contribution in [1.82, 2.24) is 14.8 Å². The van der Waals surface area contributed by atoms with Crippen LogP contribution in [0.2, 0.25) is 0 Å². The first kappa shape index (κ1) is 19.1. The third-order valence-corrected chi connectivity index (χ3v) is 5.53. The summed E-state index contributed by atoms with van der Waals surface area (Å²) in [5.74, 6) is 0. The third-order valence-electron chi connectivity index (χ3n) is 4.40. The summed E-state index contributed by atoms with van der Waals surface area (Å²) in [7, 11) is -3.34. The summed E-state index contributed by atoms with van der Waals surface area (Å²) < 4.78 is 63.4. The van der Waals surface area contributed by atoms with Crippen molar-refractivity contribution in [1.29, 1.82) is 0 Å². The average Bonchev–Trinajstić information content (AvgIpc) is 3.17. The Kier molecular flexibility index (Phi) is 4.42. The molecule has 2 heterocycles. The number of benzene rings is 2. The number of fused-ring (bicyclic) bond motifs is 1. The second-order valence-electron chi connectivity index (χ2n) is 6.48. The predicted octanol–water partition coefficient (Wildman–Crippen LogP) is 4.51. The molecule has 148 valence electrons. The van der Waals surface area contributed by atoms with Crippen molar-refractivity contribution in [3.63, 3.8) is 0 Å². The molecule has 0 aliphatic carbocycles. The van der Waals surface area contributed by atoms with Crippen LogP contribution in [0.3, 0.4) is 0 Å². The Morgan fingerprint density at radius 1 is 0.966 bits per heavy atom. The average molecular weight is 417 g/mol. The molecule has 0 amide bonds. The smallest absolute Gasteiger partial charge is 0.248 e. The van der Waals surface area contributed by atoms with Crippen LogP contribution in [0.1, 0.15) is 5.69 Å². The van der Waals surface area contributed by atoms with Gasteiger partial charge < -0.3 is 0 Å². The van der Waals surface area contributed by atoms with Crippen molar-refractivity contribution in [3.8, 4) is 16.9 Å². The lowest BCUT2D eigenvalue weighted by atomic mass is 10.1. The van der Waals surface area contributed by atoms with E-state index < -0.39 is 21.7 Å². The largest absolute Gasteiger partial charge is 0.435 e. The zero-order chi connectivity index (χ0) is 20.8. The van der Waals surface area contributed by atoms with E-state index >= 15 is 0 Å². The molecule has 0 bridgehead atoms. The quantitative estimate of drug-likeness (QED) is 0.492. The van der Waals surface area contributed by atoms with E-state index in [4.69, 9.17) is 0 Å². The first-order valence-electron chi connectivity index (χ1n) is 8.46. The zero-order valence-corrected chi connectivity index (χ0v) is 15.9. The Morgan fingerprint density at radius 2 is 1.66 bits per heavy atom. The number of pyridine rings is 1. The molecule has 0 saturated carbocycles. The van der Waals surface area contributed by atoms with Gasteiger partial charge >= 0.3 is 6.18 Å². The molecule has 0 radical (unpaired) electrons. The molecule has 2 aromatic carbocycles. The molecule has 0 unspecified atom stereocenters. The first-order chi connectivity index (χ1) is 13.6. The van der Waals surface area contributed by atoms with Crippen molar-refractivity contribution >= 4 is 20.7 Å². The van der Waals surface area contributed by atoms with Crippen LogP contribution < -0.4 is 0 Å². The monoisotopic (exact) mass is 417 g/mol. The van der Waals surface area contributed by atoms with Gasteiger partial charge in [-0.15, -0.1) is 0 Å². The molecule has 9 heteroatoms. The molecule has 4 rings (SSSR count). The Bertz CT molecular complexity index is 1310. The van der Waals surface area contributed by atoms with E-state index in [1.807, 2.05) is 0 Å². The van der Waals surface area contributed by atoms with Gasteiger partial charge in [-0.3, -0.25) is 0 Å². The van der Waals surface area contributed by atoms with Crippen LogP contribution in [-0.2, 0) is 16.0 Å². The number of rotatable bonds is 3. The van der Waals surface area contributed by atoms with Crippen molar-refractivity contribution < 1.29 is 21.6 Å². The Morgan fingerprint density at radius 3 is 2.28 bits per heavy atom. The van der Waals surface area contributed by atoms with Crippen LogP contribution in [0.5, 0.6) is 0 Å². The molecule has 0 aliphatic heterocycles. The number of nitrogens with zero attached hydrogens (tertiary/aromatic N) is 3. The van der Waals surface area contributed by atoms with Gasteiger partial charge in [0.1, 0.15) is 0 Å². The number of para-hydroxylation sites is 1. The molecule has 4 aromatic rings. The van der Waals surface area contributed by atoms with Gasteiger partial charge in [0.15, 0.2) is 15.5 Å². The fourth-order valence-electron chi connectivity index (χ4n) is 2.98. The van der Waals surface area contributed by atoms with Gasteiger partial charge in [0, 0.05) is 23.4 Å². The zero-order valence-electron chi connectivity index (χ0n) is 15.1. The summed E-state index contributed by atoms with van der Waals surface area (Å²) in [5, 5.41) is 4.31. The lowest BCUT2D eigenvalue weighted by molar-refractivity contribution is -0.141. The van der Waals surface area contributed by atoms with Crippen LogP contribution in [-0.4, -0.2) is 29.4 Å². The number of sulfone groups is 1. The van der Waals surface area contributed by atoms with Crippen molar-refractivity contribution in [2.24, 2.45) is 0 Å². The molecule has 2 aromatic heterocycles. The van der Waals surface area contributed by atoms with E-state index in [9.17, 15) is 21.6 Å². The molecule has 0 fully saturated rings. The fourth-order valence-corrected chi connectivity index (χ4v) is 3.61. The van der Waals surface area contributed by atoms with Gasteiger partial charge in [-0.25, -0.2) is 18.1 Å². The number of hydrogen-bond acceptors (Lipinski definition) is 4. The normalized spacial score (nSPS) is 12.4. The molecule has 0 saturated heterocycles. The van der Waals surface area contributed by atoms with Gasteiger partial charge in [-0.2, -0.15) is 18.3 Å². The van der Waals surface area contributed by atoms with E-state index in [2.05, 4.69) is 10.1 Å². The predicted molar refractivity (Wildman–Crippen MR) is 102 cm³/mol. The summed E-state index contributed by atoms with van der Waals surface area (Å²) in [4.78, 5) is 4.74. The maximum absolute atomic E-state index is 13.0. The number of halogens is 3. The Hall–Kier alpha value is -3.20. The lowest BCUT2D eigenvalue weighted by Crippen LogP contribution is -2.07. The highest BCUT2D eigenvalue weighted by atomic mass is 32.2. The van der Waals surface area contributed by atoms with E-state index in [-0.39, 0.29) is 4.90 Å². The van der Waals surface area contributed by atoms with Crippen LogP contribution in [0.25, 0.3) is 27.8 Å². The molecule has 5 nitrogen and oxygen atoms in total.